The molecule has 3 aromatic rings. The van der Waals surface area contributed by atoms with Crippen molar-refractivity contribution in [1.82, 2.24) is 14.3 Å². The second kappa shape index (κ2) is 6.17. The molecule has 0 aliphatic carbocycles. The van der Waals surface area contributed by atoms with E-state index in [1.165, 1.54) is 0 Å². The van der Waals surface area contributed by atoms with Crippen molar-refractivity contribution in [3.05, 3.63) is 40.2 Å². The van der Waals surface area contributed by atoms with Crippen LogP contribution in [-0.4, -0.2) is 25.4 Å². The highest BCUT2D eigenvalue weighted by molar-refractivity contribution is 7.15. The van der Waals surface area contributed by atoms with Gasteiger partial charge in [-0.3, -0.25) is 15.1 Å². The summed E-state index contributed by atoms with van der Waals surface area (Å²) in [4.78, 5) is 18.6. The van der Waals surface area contributed by atoms with Crippen LogP contribution in [0.4, 0.5) is 18.3 Å². The Kier molecular flexibility index (Phi) is 4.20. The SMILES string of the molecule is O=C(Nc1nc(-c2ccccn2)ns1)c1sc(C(F)(F)F)cc1O. The second-order valence-electron chi connectivity index (χ2n) is 4.42. The molecule has 0 radical (unpaired) electrons. The second-order valence-corrected chi connectivity index (χ2v) is 6.22. The Balaban J connectivity index is 1.79. The van der Waals surface area contributed by atoms with E-state index in [4.69, 9.17) is 0 Å². The number of aromatic hydroxyl groups is 1. The summed E-state index contributed by atoms with van der Waals surface area (Å²) in [7, 11) is 0. The van der Waals surface area contributed by atoms with Gasteiger partial charge in [-0.1, -0.05) is 6.07 Å². The number of amides is 1. The molecule has 0 spiro atoms. The van der Waals surface area contributed by atoms with Crippen LogP contribution in [0.15, 0.2) is 30.5 Å². The van der Waals surface area contributed by atoms with Gasteiger partial charge in [0.1, 0.15) is 21.2 Å². The Labute approximate surface area is 140 Å². The third kappa shape index (κ3) is 3.36. The summed E-state index contributed by atoms with van der Waals surface area (Å²) in [6.45, 7) is 0. The van der Waals surface area contributed by atoms with E-state index in [-0.39, 0.29) is 22.3 Å². The minimum Gasteiger partial charge on any atom is -0.506 e. The number of alkyl halides is 3. The predicted octanol–water partition coefficient (Wildman–Crippen LogP) is 3.64. The first-order valence-electron chi connectivity index (χ1n) is 6.31. The van der Waals surface area contributed by atoms with E-state index in [0.717, 1.165) is 11.5 Å². The molecule has 0 saturated carbocycles. The molecule has 0 saturated heterocycles. The summed E-state index contributed by atoms with van der Waals surface area (Å²) in [6, 6.07) is 5.65. The van der Waals surface area contributed by atoms with Gasteiger partial charge in [-0.2, -0.15) is 22.5 Å². The van der Waals surface area contributed by atoms with Gasteiger partial charge in [0.25, 0.3) is 5.91 Å². The first-order chi connectivity index (χ1) is 11.3. The lowest BCUT2D eigenvalue weighted by Crippen LogP contribution is -2.10. The first-order valence-corrected chi connectivity index (χ1v) is 7.90. The molecule has 124 valence electrons. The molecule has 0 bridgehead atoms. The van der Waals surface area contributed by atoms with Crippen LogP contribution in [0.25, 0.3) is 11.5 Å². The van der Waals surface area contributed by atoms with E-state index in [1.807, 2.05) is 0 Å². The van der Waals surface area contributed by atoms with Gasteiger partial charge in [0.15, 0.2) is 5.82 Å². The largest absolute Gasteiger partial charge is 0.506 e. The van der Waals surface area contributed by atoms with Crippen molar-refractivity contribution in [1.29, 1.82) is 0 Å². The highest BCUT2D eigenvalue weighted by Gasteiger charge is 2.35. The molecule has 2 N–H and O–H groups in total. The number of pyridine rings is 1. The molecule has 24 heavy (non-hydrogen) atoms. The van der Waals surface area contributed by atoms with Crippen molar-refractivity contribution >= 4 is 33.9 Å². The molecule has 0 unspecified atom stereocenters. The average Bonchev–Trinajstić information content (AvgIpc) is 3.14. The van der Waals surface area contributed by atoms with Gasteiger partial charge in [-0.15, -0.1) is 11.3 Å². The smallest absolute Gasteiger partial charge is 0.425 e. The van der Waals surface area contributed by atoms with Crippen LogP contribution in [0.1, 0.15) is 14.5 Å². The van der Waals surface area contributed by atoms with E-state index >= 15 is 0 Å². The highest BCUT2D eigenvalue weighted by atomic mass is 32.1. The molecule has 0 aromatic carbocycles. The summed E-state index contributed by atoms with van der Waals surface area (Å²) in [5.74, 6) is -1.35. The van der Waals surface area contributed by atoms with Crippen molar-refractivity contribution in [3.8, 4) is 17.3 Å². The fraction of sp³-hybridized carbons (Fsp3) is 0.0769. The Bertz CT molecular complexity index is 877. The van der Waals surface area contributed by atoms with E-state index in [9.17, 15) is 23.1 Å². The first kappa shape index (κ1) is 16.3. The lowest BCUT2D eigenvalue weighted by Gasteiger charge is -2.00. The number of halogens is 3. The van der Waals surface area contributed by atoms with Gasteiger partial charge in [-0.25, -0.2) is 0 Å². The van der Waals surface area contributed by atoms with Gasteiger partial charge in [0.05, 0.1) is 0 Å². The van der Waals surface area contributed by atoms with Crippen LogP contribution in [0.3, 0.4) is 0 Å². The van der Waals surface area contributed by atoms with Gasteiger partial charge in [0.2, 0.25) is 5.13 Å². The molecular formula is C13H7F3N4O2S2. The number of anilines is 1. The lowest BCUT2D eigenvalue weighted by atomic mass is 10.3. The lowest BCUT2D eigenvalue weighted by molar-refractivity contribution is -0.134. The number of nitrogens with one attached hydrogen (secondary N) is 1. The van der Waals surface area contributed by atoms with Crippen LogP contribution >= 0.6 is 22.9 Å². The zero-order valence-corrected chi connectivity index (χ0v) is 13.2. The zero-order valence-electron chi connectivity index (χ0n) is 11.5. The summed E-state index contributed by atoms with van der Waals surface area (Å²) < 4.78 is 41.8. The molecule has 11 heteroatoms. The standard InChI is InChI=1S/C13H7F3N4O2S2/c14-13(15,16)8-5-7(21)9(23-8)11(22)19-12-18-10(20-24-12)6-3-1-2-4-17-6/h1-5,21H,(H,18,19,20,22). The third-order valence-corrected chi connectivity index (χ3v) is 4.54. The third-order valence-electron chi connectivity index (χ3n) is 2.74. The van der Waals surface area contributed by atoms with E-state index < -0.39 is 27.6 Å². The number of rotatable bonds is 3. The molecule has 6 nitrogen and oxygen atoms in total. The molecule has 3 heterocycles. The van der Waals surface area contributed by atoms with Crippen molar-refractivity contribution < 1.29 is 23.1 Å². The van der Waals surface area contributed by atoms with Gasteiger partial charge in [0, 0.05) is 23.8 Å². The van der Waals surface area contributed by atoms with Crippen LogP contribution < -0.4 is 5.32 Å². The fourth-order valence-electron chi connectivity index (χ4n) is 1.71. The topological polar surface area (TPSA) is 88.0 Å². The molecule has 0 fully saturated rings. The number of thiophene rings is 1. The van der Waals surface area contributed by atoms with Crippen molar-refractivity contribution in [2.75, 3.05) is 5.32 Å². The van der Waals surface area contributed by atoms with Crippen LogP contribution in [0, 0.1) is 0 Å². The Hall–Kier alpha value is -2.53. The minimum atomic E-state index is -4.63. The van der Waals surface area contributed by atoms with E-state index in [1.54, 1.807) is 24.4 Å². The molecular weight excluding hydrogens is 365 g/mol. The maximum absolute atomic E-state index is 12.6. The van der Waals surface area contributed by atoms with Crippen LogP contribution in [0.5, 0.6) is 5.75 Å². The summed E-state index contributed by atoms with van der Waals surface area (Å²) in [6.07, 6.45) is -3.08. The number of carbonyl (C=O) groups excluding carboxylic acids is 1. The van der Waals surface area contributed by atoms with Crippen LogP contribution in [0.2, 0.25) is 0 Å². The van der Waals surface area contributed by atoms with Crippen molar-refractivity contribution in [3.63, 3.8) is 0 Å². The highest BCUT2D eigenvalue weighted by Crippen LogP contribution is 2.39. The van der Waals surface area contributed by atoms with Gasteiger partial charge >= 0.3 is 6.18 Å². The van der Waals surface area contributed by atoms with Crippen molar-refractivity contribution in [2.45, 2.75) is 6.18 Å². The van der Waals surface area contributed by atoms with E-state index in [0.29, 0.717) is 11.8 Å². The van der Waals surface area contributed by atoms with Gasteiger partial charge < -0.3 is 5.11 Å². The minimum absolute atomic E-state index is 0.0852. The van der Waals surface area contributed by atoms with Gasteiger partial charge in [-0.05, 0) is 12.1 Å². The summed E-state index contributed by atoms with van der Waals surface area (Å²) in [5, 5.41) is 11.9. The number of aromatic nitrogens is 3. The number of nitrogens with zero attached hydrogens (tertiary/aromatic N) is 3. The molecule has 3 rings (SSSR count). The van der Waals surface area contributed by atoms with Crippen LogP contribution in [-0.2, 0) is 6.18 Å². The summed E-state index contributed by atoms with van der Waals surface area (Å²) >= 11 is 1.01. The maximum atomic E-state index is 12.6. The molecule has 0 aliphatic rings. The fourth-order valence-corrected chi connectivity index (χ4v) is 3.10. The molecule has 3 aromatic heterocycles. The Morgan fingerprint density at radius 2 is 2.08 bits per heavy atom. The Morgan fingerprint density at radius 3 is 2.71 bits per heavy atom. The normalized spacial score (nSPS) is 11.5. The Morgan fingerprint density at radius 1 is 1.29 bits per heavy atom. The number of hydrogen-bond acceptors (Lipinski definition) is 7. The van der Waals surface area contributed by atoms with E-state index in [2.05, 4.69) is 19.7 Å². The summed E-state index contributed by atoms with van der Waals surface area (Å²) in [5.41, 5.74) is 0.493. The monoisotopic (exact) mass is 372 g/mol. The van der Waals surface area contributed by atoms with Crippen molar-refractivity contribution in [2.24, 2.45) is 0 Å². The number of carbonyl (C=O) groups is 1. The quantitative estimate of drug-likeness (QED) is 0.733. The predicted molar refractivity (Wildman–Crippen MR) is 82.1 cm³/mol. The molecule has 0 atom stereocenters. The maximum Gasteiger partial charge on any atom is 0.425 e. The molecule has 0 aliphatic heterocycles. The number of hydrogen-bond donors (Lipinski definition) is 2. The average molecular weight is 372 g/mol. The molecule has 1 amide bonds. The zero-order chi connectivity index (χ0) is 17.3.